The summed E-state index contributed by atoms with van der Waals surface area (Å²) >= 11 is 0. The minimum Gasteiger partial charge on any atom is -0.294 e. The van der Waals surface area contributed by atoms with Crippen LogP contribution in [0.2, 0.25) is 0 Å². The van der Waals surface area contributed by atoms with Gasteiger partial charge in [-0.1, -0.05) is 0 Å². The van der Waals surface area contributed by atoms with Gasteiger partial charge in [-0.25, -0.2) is 15.5 Å². The normalized spacial score (nSPS) is 10.6. The van der Waals surface area contributed by atoms with Gasteiger partial charge in [0.25, 0.3) is 5.56 Å². The van der Waals surface area contributed by atoms with Gasteiger partial charge in [-0.3, -0.25) is 20.0 Å². The van der Waals surface area contributed by atoms with Crippen molar-refractivity contribution < 1.29 is 4.79 Å². The minimum atomic E-state index is -0.304. The van der Waals surface area contributed by atoms with E-state index in [0.717, 1.165) is 11.3 Å². The van der Waals surface area contributed by atoms with E-state index in [1.54, 1.807) is 13.8 Å². The van der Waals surface area contributed by atoms with Crippen molar-refractivity contribution in [3.63, 3.8) is 0 Å². The summed E-state index contributed by atoms with van der Waals surface area (Å²) < 4.78 is 1.52. The molecule has 0 aliphatic heterocycles. The van der Waals surface area contributed by atoms with Gasteiger partial charge in [-0.05, 0) is 20.8 Å². The molecule has 0 saturated carbocycles. The summed E-state index contributed by atoms with van der Waals surface area (Å²) in [6.07, 6.45) is 0.129. The van der Waals surface area contributed by atoms with Gasteiger partial charge < -0.3 is 0 Å². The molecule has 0 saturated heterocycles. The van der Waals surface area contributed by atoms with Crippen molar-refractivity contribution in [3.05, 3.63) is 39.1 Å². The van der Waals surface area contributed by atoms with Gasteiger partial charge >= 0.3 is 0 Å². The van der Waals surface area contributed by atoms with Gasteiger partial charge in [-0.15, -0.1) is 0 Å². The lowest BCUT2D eigenvalue weighted by Crippen LogP contribution is -2.31. The van der Waals surface area contributed by atoms with Gasteiger partial charge in [0.15, 0.2) is 0 Å². The van der Waals surface area contributed by atoms with Gasteiger partial charge in [0.1, 0.15) is 0 Å². The number of nitrogens with zero attached hydrogens (tertiary/aromatic N) is 3. The quantitative estimate of drug-likeness (QED) is 0.393. The van der Waals surface area contributed by atoms with Gasteiger partial charge in [-0.2, -0.15) is 5.10 Å². The van der Waals surface area contributed by atoms with Gasteiger partial charge in [0, 0.05) is 23.0 Å². The van der Waals surface area contributed by atoms with E-state index in [4.69, 9.17) is 5.84 Å². The highest BCUT2D eigenvalue weighted by Crippen LogP contribution is 2.16. The van der Waals surface area contributed by atoms with Crippen molar-refractivity contribution in [2.45, 2.75) is 27.2 Å². The molecule has 2 rings (SSSR count). The zero-order chi connectivity index (χ0) is 14.9. The highest BCUT2D eigenvalue weighted by atomic mass is 16.2. The number of rotatable bonds is 3. The van der Waals surface area contributed by atoms with Crippen molar-refractivity contribution >= 4 is 5.91 Å². The third-order valence-electron chi connectivity index (χ3n) is 3.00. The number of hydrogen-bond donors (Lipinski definition) is 3. The largest absolute Gasteiger partial charge is 0.294 e. The molecule has 2 heterocycles. The zero-order valence-electron chi connectivity index (χ0n) is 11.5. The number of carbonyl (C=O) groups is 1. The Bertz CT molecular complexity index is 715. The molecule has 8 nitrogen and oxygen atoms in total. The smallest absolute Gasteiger partial charge is 0.252 e. The SMILES string of the molecule is Cc1cc(=O)[nH]c(-n2nc(C)c(CC(=O)NN)c2C)n1. The Hall–Kier alpha value is -2.48. The predicted octanol–water partition coefficient (Wildman–Crippen LogP) is -0.587. The molecule has 106 valence electrons. The second kappa shape index (κ2) is 5.25. The fraction of sp³-hybridized carbons (Fsp3) is 0.333. The topological polar surface area (TPSA) is 119 Å². The maximum absolute atomic E-state index is 11.5. The van der Waals surface area contributed by atoms with Crippen LogP contribution in [-0.2, 0) is 11.2 Å². The molecule has 2 aromatic heterocycles. The van der Waals surface area contributed by atoms with E-state index in [1.807, 2.05) is 6.92 Å². The van der Waals surface area contributed by atoms with Gasteiger partial charge in [0.2, 0.25) is 11.9 Å². The highest BCUT2D eigenvalue weighted by molar-refractivity contribution is 5.78. The number of aromatic nitrogens is 4. The zero-order valence-corrected chi connectivity index (χ0v) is 11.5. The number of hydrogen-bond acceptors (Lipinski definition) is 5. The van der Waals surface area contributed by atoms with Crippen molar-refractivity contribution in [2.24, 2.45) is 5.84 Å². The Morgan fingerprint density at radius 3 is 2.75 bits per heavy atom. The first-order valence-corrected chi connectivity index (χ1v) is 6.05. The van der Waals surface area contributed by atoms with E-state index in [1.165, 1.54) is 10.7 Å². The molecule has 20 heavy (non-hydrogen) atoms. The fourth-order valence-electron chi connectivity index (χ4n) is 2.01. The van der Waals surface area contributed by atoms with Crippen LogP contribution in [0, 0.1) is 20.8 Å². The lowest BCUT2D eigenvalue weighted by atomic mass is 10.1. The lowest BCUT2D eigenvalue weighted by Gasteiger charge is -2.04. The predicted molar refractivity (Wildman–Crippen MR) is 72.2 cm³/mol. The number of aromatic amines is 1. The Labute approximate surface area is 115 Å². The van der Waals surface area contributed by atoms with Crippen molar-refractivity contribution in [2.75, 3.05) is 0 Å². The average Bonchev–Trinajstić information content (AvgIpc) is 2.65. The summed E-state index contributed by atoms with van der Waals surface area (Å²) in [4.78, 5) is 29.7. The standard InChI is InChI=1S/C12H16N6O2/c1-6-4-10(19)15-12(14-6)18-8(3)9(7(2)17-18)5-11(20)16-13/h4H,5,13H2,1-3H3,(H,16,20)(H,14,15,19). The van der Waals surface area contributed by atoms with Crippen LogP contribution in [0.1, 0.15) is 22.6 Å². The third-order valence-corrected chi connectivity index (χ3v) is 3.00. The summed E-state index contributed by atoms with van der Waals surface area (Å²) in [5, 5.41) is 4.31. The third kappa shape index (κ3) is 2.59. The van der Waals surface area contributed by atoms with E-state index in [0.29, 0.717) is 17.3 Å². The van der Waals surface area contributed by atoms with Crippen molar-refractivity contribution in [3.8, 4) is 5.95 Å². The van der Waals surface area contributed by atoms with Crippen LogP contribution in [0.5, 0.6) is 0 Å². The Morgan fingerprint density at radius 2 is 2.15 bits per heavy atom. The number of nitrogens with one attached hydrogen (secondary N) is 2. The summed E-state index contributed by atoms with van der Waals surface area (Å²) in [5.41, 5.74) is 4.62. The molecule has 0 aliphatic rings. The Morgan fingerprint density at radius 1 is 1.45 bits per heavy atom. The lowest BCUT2D eigenvalue weighted by molar-refractivity contribution is -0.120. The van der Waals surface area contributed by atoms with Crippen LogP contribution in [-0.4, -0.2) is 25.7 Å². The molecule has 0 unspecified atom stereocenters. The van der Waals surface area contributed by atoms with E-state index in [-0.39, 0.29) is 17.9 Å². The van der Waals surface area contributed by atoms with Crippen LogP contribution in [0.15, 0.2) is 10.9 Å². The van der Waals surface area contributed by atoms with Crippen LogP contribution in [0.25, 0.3) is 5.95 Å². The Balaban J connectivity index is 2.51. The molecular formula is C12H16N6O2. The number of hydrazine groups is 1. The molecule has 0 atom stereocenters. The summed E-state index contributed by atoms with van der Waals surface area (Å²) in [6, 6.07) is 1.40. The molecular weight excluding hydrogens is 260 g/mol. The Kier molecular flexibility index (Phi) is 3.66. The maximum atomic E-state index is 11.5. The van der Waals surface area contributed by atoms with Crippen LogP contribution >= 0.6 is 0 Å². The van der Waals surface area contributed by atoms with Crippen molar-refractivity contribution in [1.29, 1.82) is 0 Å². The van der Waals surface area contributed by atoms with Crippen LogP contribution < -0.4 is 16.8 Å². The van der Waals surface area contributed by atoms with E-state index >= 15 is 0 Å². The van der Waals surface area contributed by atoms with E-state index < -0.39 is 0 Å². The number of nitrogens with two attached hydrogens (primary N) is 1. The molecule has 1 amide bonds. The molecule has 0 spiro atoms. The second-order valence-electron chi connectivity index (χ2n) is 4.52. The first kappa shape index (κ1) is 13.9. The number of H-pyrrole nitrogens is 1. The van der Waals surface area contributed by atoms with Crippen LogP contribution in [0.4, 0.5) is 0 Å². The monoisotopic (exact) mass is 276 g/mol. The van der Waals surface area contributed by atoms with Gasteiger partial charge in [0.05, 0.1) is 12.1 Å². The molecule has 0 fully saturated rings. The molecule has 2 aromatic rings. The van der Waals surface area contributed by atoms with E-state index in [9.17, 15) is 9.59 Å². The first-order chi connectivity index (χ1) is 9.42. The number of aryl methyl sites for hydroxylation is 2. The van der Waals surface area contributed by atoms with E-state index in [2.05, 4.69) is 20.5 Å². The summed E-state index contributed by atoms with van der Waals surface area (Å²) in [5.74, 6) is 5.12. The minimum absolute atomic E-state index is 0.129. The summed E-state index contributed by atoms with van der Waals surface area (Å²) in [6.45, 7) is 5.32. The number of carbonyl (C=O) groups excluding carboxylic acids is 1. The number of amides is 1. The maximum Gasteiger partial charge on any atom is 0.252 e. The summed E-state index contributed by atoms with van der Waals surface area (Å²) in [7, 11) is 0. The molecule has 4 N–H and O–H groups in total. The molecule has 0 radical (unpaired) electrons. The molecule has 0 aliphatic carbocycles. The highest BCUT2D eigenvalue weighted by Gasteiger charge is 2.16. The van der Waals surface area contributed by atoms with Crippen molar-refractivity contribution in [1.82, 2.24) is 25.2 Å². The average molecular weight is 276 g/mol. The molecule has 8 heteroatoms. The molecule has 0 aromatic carbocycles. The van der Waals surface area contributed by atoms with Crippen LogP contribution in [0.3, 0.4) is 0 Å². The first-order valence-electron chi connectivity index (χ1n) is 6.05. The second-order valence-corrected chi connectivity index (χ2v) is 4.52. The fourth-order valence-corrected chi connectivity index (χ4v) is 2.01. The molecule has 0 bridgehead atoms.